The molecule has 0 spiro atoms. The third kappa shape index (κ3) is 4.22. The van der Waals surface area contributed by atoms with Gasteiger partial charge in [0.05, 0.1) is 0 Å². The molecular formula is C8H17N. The van der Waals surface area contributed by atoms with Crippen molar-refractivity contribution in [3.05, 3.63) is 12.2 Å². The molecule has 54 valence electrons. The minimum atomic E-state index is 0.264. The van der Waals surface area contributed by atoms with Gasteiger partial charge in [0, 0.05) is 6.04 Å². The molecule has 1 nitrogen and oxygen atoms in total. The van der Waals surface area contributed by atoms with E-state index in [4.69, 9.17) is 5.73 Å². The topological polar surface area (TPSA) is 26.0 Å². The van der Waals surface area contributed by atoms with Crippen LogP contribution in [0.2, 0.25) is 0 Å². The van der Waals surface area contributed by atoms with Crippen molar-refractivity contribution in [3.8, 4) is 0 Å². The van der Waals surface area contributed by atoms with Crippen molar-refractivity contribution < 1.29 is 0 Å². The van der Waals surface area contributed by atoms with Crippen molar-refractivity contribution in [2.75, 3.05) is 0 Å². The first-order chi connectivity index (χ1) is 4.04. The van der Waals surface area contributed by atoms with E-state index in [1.54, 1.807) is 0 Å². The van der Waals surface area contributed by atoms with Gasteiger partial charge in [0.25, 0.3) is 0 Å². The number of nitrogens with two attached hydrogens (primary N) is 1. The minimum Gasteiger partial charge on any atom is -0.328 e. The minimum absolute atomic E-state index is 0.264. The molecular weight excluding hydrogens is 110 g/mol. The van der Waals surface area contributed by atoms with Crippen LogP contribution in [0.5, 0.6) is 0 Å². The van der Waals surface area contributed by atoms with Crippen LogP contribution in [0.1, 0.15) is 27.2 Å². The fourth-order valence-electron chi connectivity index (χ4n) is 0.649. The lowest BCUT2D eigenvalue weighted by Gasteiger charge is -2.10. The summed E-state index contributed by atoms with van der Waals surface area (Å²) in [5.74, 6) is 0.580. The lowest BCUT2D eigenvalue weighted by atomic mass is 9.99. The lowest BCUT2D eigenvalue weighted by molar-refractivity contribution is 0.647. The maximum absolute atomic E-state index is 5.57. The summed E-state index contributed by atoms with van der Waals surface area (Å²) in [6.45, 7) is 10.2. The van der Waals surface area contributed by atoms with Gasteiger partial charge in [-0.05, 0) is 19.3 Å². The fraction of sp³-hybridized carbons (Fsp3) is 0.750. The summed E-state index contributed by atoms with van der Waals surface area (Å²) >= 11 is 0. The summed E-state index contributed by atoms with van der Waals surface area (Å²) in [5.41, 5.74) is 6.82. The zero-order valence-electron chi connectivity index (χ0n) is 6.65. The van der Waals surface area contributed by atoms with Crippen molar-refractivity contribution in [2.24, 2.45) is 11.7 Å². The Hall–Kier alpha value is -0.300. The van der Waals surface area contributed by atoms with E-state index < -0.39 is 0 Å². The Kier molecular flexibility index (Phi) is 3.55. The zero-order valence-corrected chi connectivity index (χ0v) is 6.65. The number of hydrogen-bond donors (Lipinski definition) is 1. The average molecular weight is 127 g/mol. The molecule has 1 heteroatoms. The van der Waals surface area contributed by atoms with Gasteiger partial charge in [-0.3, -0.25) is 0 Å². The predicted octanol–water partition coefficient (Wildman–Crippen LogP) is 1.94. The second-order valence-electron chi connectivity index (χ2n) is 2.99. The Labute approximate surface area is 57.9 Å². The highest BCUT2D eigenvalue weighted by Gasteiger charge is 2.01. The highest BCUT2D eigenvalue weighted by molar-refractivity contribution is 4.99. The molecule has 2 N–H and O–H groups in total. The summed E-state index contributed by atoms with van der Waals surface area (Å²) in [6.07, 6.45) is 0.956. The van der Waals surface area contributed by atoms with Gasteiger partial charge in [0.15, 0.2) is 0 Å². The quantitative estimate of drug-likeness (QED) is 0.576. The molecule has 9 heavy (non-hydrogen) atoms. The van der Waals surface area contributed by atoms with Gasteiger partial charge >= 0.3 is 0 Å². The van der Waals surface area contributed by atoms with Crippen LogP contribution in [-0.2, 0) is 0 Å². The van der Waals surface area contributed by atoms with Crippen LogP contribution < -0.4 is 5.73 Å². The molecule has 0 amide bonds. The molecule has 0 aliphatic heterocycles. The van der Waals surface area contributed by atoms with Crippen molar-refractivity contribution in [3.63, 3.8) is 0 Å². The molecule has 0 saturated heterocycles. The van der Waals surface area contributed by atoms with Gasteiger partial charge < -0.3 is 5.73 Å². The first kappa shape index (κ1) is 8.70. The Morgan fingerprint density at radius 1 is 1.44 bits per heavy atom. The molecule has 0 bridgehead atoms. The highest BCUT2D eigenvalue weighted by atomic mass is 14.6. The maximum Gasteiger partial charge on any atom is 0.00476 e. The van der Waals surface area contributed by atoms with Crippen LogP contribution >= 0.6 is 0 Å². The summed E-state index contributed by atoms with van der Waals surface area (Å²) in [6, 6.07) is 0.264. The summed E-state index contributed by atoms with van der Waals surface area (Å²) in [5, 5.41) is 0. The largest absolute Gasteiger partial charge is 0.328 e. The maximum atomic E-state index is 5.57. The van der Waals surface area contributed by atoms with E-state index in [-0.39, 0.29) is 6.04 Å². The van der Waals surface area contributed by atoms with Gasteiger partial charge in [0.2, 0.25) is 0 Å². The smallest absolute Gasteiger partial charge is 0.00476 e. The standard InChI is InChI=1S/C8H17N/c1-6(2)7(3)5-8(4)9/h6,8H,3,5,9H2,1-2,4H3. The molecule has 0 radical (unpaired) electrons. The zero-order chi connectivity index (χ0) is 7.44. The molecule has 0 aromatic rings. The summed E-state index contributed by atoms with van der Waals surface area (Å²) in [4.78, 5) is 0. The van der Waals surface area contributed by atoms with Crippen molar-refractivity contribution in [2.45, 2.75) is 33.2 Å². The van der Waals surface area contributed by atoms with Crippen LogP contribution in [0.15, 0.2) is 12.2 Å². The predicted molar refractivity (Wildman–Crippen MR) is 42.2 cm³/mol. The lowest BCUT2D eigenvalue weighted by Crippen LogP contribution is -2.16. The third-order valence-electron chi connectivity index (χ3n) is 1.40. The molecule has 0 aliphatic rings. The first-order valence-electron chi connectivity index (χ1n) is 3.47. The van der Waals surface area contributed by atoms with E-state index in [9.17, 15) is 0 Å². The van der Waals surface area contributed by atoms with Gasteiger partial charge in [-0.25, -0.2) is 0 Å². The van der Waals surface area contributed by atoms with E-state index in [0.717, 1.165) is 6.42 Å². The van der Waals surface area contributed by atoms with Gasteiger partial charge in [-0.2, -0.15) is 0 Å². The van der Waals surface area contributed by atoms with E-state index in [0.29, 0.717) is 5.92 Å². The Bertz CT molecular complexity index is 92.7. The van der Waals surface area contributed by atoms with Crippen LogP contribution in [0.25, 0.3) is 0 Å². The number of rotatable bonds is 3. The molecule has 0 aromatic heterocycles. The normalized spacial score (nSPS) is 13.9. The summed E-state index contributed by atoms with van der Waals surface area (Å²) in [7, 11) is 0. The molecule has 1 unspecified atom stereocenters. The molecule has 1 atom stereocenters. The van der Waals surface area contributed by atoms with Gasteiger partial charge in [-0.15, -0.1) is 0 Å². The van der Waals surface area contributed by atoms with E-state index >= 15 is 0 Å². The first-order valence-corrected chi connectivity index (χ1v) is 3.47. The van der Waals surface area contributed by atoms with E-state index in [2.05, 4.69) is 20.4 Å². The second kappa shape index (κ2) is 3.67. The molecule has 0 aromatic carbocycles. The van der Waals surface area contributed by atoms with Gasteiger partial charge in [0.1, 0.15) is 0 Å². The molecule has 0 fully saturated rings. The average Bonchev–Trinajstić information content (AvgIpc) is 1.63. The molecule has 0 rings (SSSR count). The van der Waals surface area contributed by atoms with Crippen molar-refractivity contribution in [1.82, 2.24) is 0 Å². The second-order valence-corrected chi connectivity index (χ2v) is 2.99. The Balaban J connectivity index is 3.51. The Morgan fingerprint density at radius 3 is 2.00 bits per heavy atom. The number of hydrogen-bond acceptors (Lipinski definition) is 1. The SMILES string of the molecule is C=C(CC(C)N)C(C)C. The van der Waals surface area contributed by atoms with Gasteiger partial charge in [-0.1, -0.05) is 26.0 Å². The fourth-order valence-corrected chi connectivity index (χ4v) is 0.649. The van der Waals surface area contributed by atoms with E-state index in [1.165, 1.54) is 5.57 Å². The molecule has 0 aliphatic carbocycles. The van der Waals surface area contributed by atoms with Crippen LogP contribution in [-0.4, -0.2) is 6.04 Å². The van der Waals surface area contributed by atoms with Crippen molar-refractivity contribution >= 4 is 0 Å². The third-order valence-corrected chi connectivity index (χ3v) is 1.40. The Morgan fingerprint density at radius 2 is 1.89 bits per heavy atom. The van der Waals surface area contributed by atoms with Crippen LogP contribution in [0.3, 0.4) is 0 Å². The monoisotopic (exact) mass is 127 g/mol. The molecule has 0 saturated carbocycles. The summed E-state index contributed by atoms with van der Waals surface area (Å²) < 4.78 is 0. The molecule has 0 heterocycles. The highest BCUT2D eigenvalue weighted by Crippen LogP contribution is 2.11. The van der Waals surface area contributed by atoms with E-state index in [1.807, 2.05) is 6.92 Å². The van der Waals surface area contributed by atoms with Crippen LogP contribution in [0.4, 0.5) is 0 Å². The van der Waals surface area contributed by atoms with Crippen LogP contribution in [0, 0.1) is 5.92 Å². The van der Waals surface area contributed by atoms with Crippen molar-refractivity contribution in [1.29, 1.82) is 0 Å².